The van der Waals surface area contributed by atoms with E-state index >= 15 is 0 Å². The van der Waals surface area contributed by atoms with Gasteiger partial charge in [-0.25, -0.2) is 4.39 Å². The van der Waals surface area contributed by atoms with E-state index in [1.807, 2.05) is 31.2 Å². The summed E-state index contributed by atoms with van der Waals surface area (Å²) in [6.07, 6.45) is 2.06. The molecule has 6 heteroatoms. The second-order valence-corrected chi connectivity index (χ2v) is 7.29. The Kier molecular flexibility index (Phi) is 5.39. The number of hydrogen-bond acceptors (Lipinski definition) is 5. The molecular formula is C22H25FN4O. The van der Waals surface area contributed by atoms with Crippen molar-refractivity contribution in [2.24, 2.45) is 0 Å². The van der Waals surface area contributed by atoms with Crippen LogP contribution in [-0.4, -0.2) is 36.4 Å². The highest BCUT2D eigenvalue weighted by Crippen LogP contribution is 2.30. The van der Waals surface area contributed by atoms with E-state index in [0.29, 0.717) is 11.9 Å². The van der Waals surface area contributed by atoms with Gasteiger partial charge in [0.15, 0.2) is 5.82 Å². The van der Waals surface area contributed by atoms with Gasteiger partial charge in [0.05, 0.1) is 7.11 Å². The number of ether oxygens (including phenoxy) is 1. The average molecular weight is 380 g/mol. The third-order valence-corrected chi connectivity index (χ3v) is 5.51. The van der Waals surface area contributed by atoms with E-state index in [2.05, 4.69) is 26.5 Å². The first kappa shape index (κ1) is 18.6. The molecule has 0 atom stereocenters. The molecule has 28 heavy (non-hydrogen) atoms. The van der Waals surface area contributed by atoms with E-state index in [1.54, 1.807) is 13.2 Å². The molecule has 1 aromatic heterocycles. The summed E-state index contributed by atoms with van der Waals surface area (Å²) >= 11 is 0. The van der Waals surface area contributed by atoms with E-state index in [4.69, 9.17) is 4.74 Å². The second kappa shape index (κ2) is 8.10. The molecule has 0 bridgehead atoms. The Bertz CT molecular complexity index is 970. The molecule has 1 aliphatic rings. The second-order valence-electron chi connectivity index (χ2n) is 7.29. The molecule has 146 valence electrons. The van der Waals surface area contributed by atoms with Gasteiger partial charge in [-0.3, -0.25) is 0 Å². The van der Waals surface area contributed by atoms with Crippen molar-refractivity contribution in [3.8, 4) is 5.88 Å². The zero-order valence-corrected chi connectivity index (χ0v) is 16.3. The highest BCUT2D eigenvalue weighted by atomic mass is 19.1. The third-order valence-electron chi connectivity index (χ3n) is 5.51. The summed E-state index contributed by atoms with van der Waals surface area (Å²) in [7, 11) is 1.62. The van der Waals surface area contributed by atoms with Gasteiger partial charge in [0.25, 0.3) is 0 Å². The lowest BCUT2D eigenvalue weighted by atomic mass is 10.0. The van der Waals surface area contributed by atoms with E-state index in [-0.39, 0.29) is 5.82 Å². The maximum absolute atomic E-state index is 13.3. The monoisotopic (exact) mass is 380 g/mol. The summed E-state index contributed by atoms with van der Waals surface area (Å²) in [4.78, 5) is 2.30. The maximum Gasteiger partial charge on any atom is 0.241 e. The first-order valence-corrected chi connectivity index (χ1v) is 9.68. The molecule has 0 saturated carbocycles. The smallest absolute Gasteiger partial charge is 0.241 e. The van der Waals surface area contributed by atoms with Gasteiger partial charge in [-0.1, -0.05) is 24.3 Å². The van der Waals surface area contributed by atoms with Gasteiger partial charge in [0, 0.05) is 36.4 Å². The Morgan fingerprint density at radius 1 is 1.11 bits per heavy atom. The number of rotatable bonds is 5. The van der Waals surface area contributed by atoms with Gasteiger partial charge in [0.2, 0.25) is 5.88 Å². The van der Waals surface area contributed by atoms with E-state index in [9.17, 15) is 4.39 Å². The van der Waals surface area contributed by atoms with Gasteiger partial charge in [-0.2, -0.15) is 0 Å². The summed E-state index contributed by atoms with van der Waals surface area (Å²) in [5.41, 5.74) is 2.14. The van der Waals surface area contributed by atoms with E-state index in [1.165, 1.54) is 6.07 Å². The number of benzene rings is 2. The standard InChI is InChI=1S/C22H25FN4O/c1-15-13-17(23)8-7-16(15)14-24-18-9-11-27(12-10-18)21-19-5-3-4-6-20(19)22(28-2)26-25-21/h3-8,13,18,24H,9-12,14H2,1-2H3. The van der Waals surface area contributed by atoms with Crippen molar-refractivity contribution in [2.45, 2.75) is 32.4 Å². The topological polar surface area (TPSA) is 50.3 Å². The van der Waals surface area contributed by atoms with Crippen LogP contribution in [0.25, 0.3) is 10.8 Å². The van der Waals surface area contributed by atoms with Crippen molar-refractivity contribution in [1.82, 2.24) is 15.5 Å². The minimum absolute atomic E-state index is 0.178. The zero-order valence-electron chi connectivity index (χ0n) is 16.3. The predicted molar refractivity (Wildman–Crippen MR) is 109 cm³/mol. The first-order valence-electron chi connectivity index (χ1n) is 9.68. The molecule has 2 heterocycles. The van der Waals surface area contributed by atoms with Crippen LogP contribution in [0.15, 0.2) is 42.5 Å². The molecular weight excluding hydrogens is 355 g/mol. The lowest BCUT2D eigenvalue weighted by molar-refractivity contribution is 0.395. The predicted octanol–water partition coefficient (Wildman–Crippen LogP) is 3.84. The number of halogens is 1. The maximum atomic E-state index is 13.3. The molecule has 4 rings (SSSR count). The minimum Gasteiger partial charge on any atom is -0.479 e. The molecule has 0 amide bonds. The molecule has 5 nitrogen and oxygen atoms in total. The summed E-state index contributed by atoms with van der Waals surface area (Å²) in [5.74, 6) is 1.30. The fourth-order valence-corrected chi connectivity index (χ4v) is 3.86. The Morgan fingerprint density at radius 2 is 1.86 bits per heavy atom. The highest BCUT2D eigenvalue weighted by molar-refractivity contribution is 5.95. The molecule has 0 aliphatic carbocycles. The molecule has 3 aromatic rings. The Labute approximate surface area is 164 Å². The van der Waals surface area contributed by atoms with Crippen LogP contribution in [0.1, 0.15) is 24.0 Å². The Balaban J connectivity index is 1.41. The van der Waals surface area contributed by atoms with Crippen LogP contribution in [0.5, 0.6) is 5.88 Å². The molecule has 0 unspecified atom stereocenters. The fraction of sp³-hybridized carbons (Fsp3) is 0.364. The van der Waals surface area contributed by atoms with Gasteiger partial charge in [-0.15, -0.1) is 10.2 Å². The number of nitrogens with zero attached hydrogens (tertiary/aromatic N) is 3. The zero-order chi connectivity index (χ0) is 19.5. The molecule has 1 N–H and O–H groups in total. The number of hydrogen-bond donors (Lipinski definition) is 1. The van der Waals surface area contributed by atoms with Crippen molar-refractivity contribution in [3.63, 3.8) is 0 Å². The number of nitrogens with one attached hydrogen (secondary N) is 1. The van der Waals surface area contributed by atoms with Crippen molar-refractivity contribution in [1.29, 1.82) is 0 Å². The summed E-state index contributed by atoms with van der Waals surface area (Å²) < 4.78 is 18.6. The SMILES string of the molecule is COc1nnc(N2CCC(NCc3ccc(F)cc3C)CC2)c2ccccc12. The fourth-order valence-electron chi connectivity index (χ4n) is 3.86. The van der Waals surface area contributed by atoms with Gasteiger partial charge in [-0.05, 0) is 49.1 Å². The number of methoxy groups -OCH3 is 1. The summed E-state index contributed by atoms with van der Waals surface area (Å²) in [6.45, 7) is 4.56. The number of aromatic nitrogens is 2. The van der Waals surface area contributed by atoms with Crippen LogP contribution < -0.4 is 15.0 Å². The first-order chi connectivity index (χ1) is 13.7. The molecule has 1 aliphatic heterocycles. The largest absolute Gasteiger partial charge is 0.479 e. The Morgan fingerprint density at radius 3 is 2.57 bits per heavy atom. The van der Waals surface area contributed by atoms with Crippen LogP contribution in [0, 0.1) is 12.7 Å². The number of anilines is 1. The summed E-state index contributed by atoms with van der Waals surface area (Å²) in [5, 5.41) is 14.4. The highest BCUT2D eigenvalue weighted by Gasteiger charge is 2.22. The van der Waals surface area contributed by atoms with Gasteiger partial charge in [0.1, 0.15) is 5.82 Å². The van der Waals surface area contributed by atoms with Crippen LogP contribution in [0.3, 0.4) is 0 Å². The van der Waals surface area contributed by atoms with Crippen molar-refractivity contribution in [3.05, 3.63) is 59.4 Å². The normalized spacial score (nSPS) is 15.2. The number of aryl methyl sites for hydroxylation is 1. The number of piperidine rings is 1. The molecule has 1 saturated heterocycles. The third kappa shape index (κ3) is 3.78. The molecule has 2 aromatic carbocycles. The van der Waals surface area contributed by atoms with Gasteiger partial charge < -0.3 is 15.0 Å². The molecule has 0 radical (unpaired) electrons. The van der Waals surface area contributed by atoms with E-state index in [0.717, 1.165) is 60.2 Å². The van der Waals surface area contributed by atoms with Crippen molar-refractivity contribution < 1.29 is 9.13 Å². The number of fused-ring (bicyclic) bond motifs is 1. The lowest BCUT2D eigenvalue weighted by Crippen LogP contribution is -2.42. The Hall–Kier alpha value is -2.73. The average Bonchev–Trinajstić information content (AvgIpc) is 2.73. The minimum atomic E-state index is -0.178. The van der Waals surface area contributed by atoms with E-state index < -0.39 is 0 Å². The van der Waals surface area contributed by atoms with Gasteiger partial charge >= 0.3 is 0 Å². The van der Waals surface area contributed by atoms with Crippen LogP contribution >= 0.6 is 0 Å². The van der Waals surface area contributed by atoms with Crippen molar-refractivity contribution >= 4 is 16.6 Å². The van der Waals surface area contributed by atoms with Crippen LogP contribution in [0.4, 0.5) is 10.2 Å². The lowest BCUT2D eigenvalue weighted by Gasteiger charge is -2.33. The van der Waals surface area contributed by atoms with Crippen LogP contribution in [0.2, 0.25) is 0 Å². The van der Waals surface area contributed by atoms with Crippen molar-refractivity contribution in [2.75, 3.05) is 25.1 Å². The van der Waals surface area contributed by atoms with Crippen LogP contribution in [-0.2, 0) is 6.54 Å². The molecule has 1 fully saturated rings. The summed E-state index contributed by atoms with van der Waals surface area (Å²) in [6, 6.07) is 13.5. The quantitative estimate of drug-likeness (QED) is 0.729. The molecule has 0 spiro atoms.